The second-order valence-corrected chi connectivity index (χ2v) is 4.59. The molecule has 0 spiro atoms. The number of nitrogens with one attached hydrogen (secondary N) is 1. The van der Waals surface area contributed by atoms with Crippen LogP contribution in [-0.4, -0.2) is 22.7 Å². The Labute approximate surface area is 95.5 Å². The van der Waals surface area contributed by atoms with E-state index in [1.54, 1.807) is 0 Å². The number of fused-ring (bicyclic) bond motifs is 1. The topological polar surface area (TPSA) is 29.3 Å². The highest BCUT2D eigenvalue weighted by molar-refractivity contribution is 5.56. The van der Waals surface area contributed by atoms with Gasteiger partial charge in [-0.2, -0.15) is 5.10 Å². The van der Waals surface area contributed by atoms with Crippen LogP contribution in [0, 0.1) is 6.92 Å². The van der Waals surface area contributed by atoms with Crippen molar-refractivity contribution in [2.75, 3.05) is 13.1 Å². The Balaban J connectivity index is 2.06. The molecule has 1 aliphatic rings. The second-order valence-electron chi connectivity index (χ2n) is 4.59. The standard InChI is InChI=1S/C13H17N3/c1-10-3-2-4-13-12(9-15-16(10)13)11-5-7-14-8-6-11/h2-4,9,11,14H,5-8H2,1H3. The molecule has 0 bridgehead atoms. The molecule has 84 valence electrons. The largest absolute Gasteiger partial charge is 0.317 e. The molecule has 0 aromatic carbocycles. The van der Waals surface area contributed by atoms with Gasteiger partial charge in [-0.1, -0.05) is 6.07 Å². The zero-order valence-corrected chi connectivity index (χ0v) is 9.61. The maximum Gasteiger partial charge on any atom is 0.0699 e. The zero-order valence-electron chi connectivity index (χ0n) is 9.61. The Bertz CT molecular complexity index is 495. The van der Waals surface area contributed by atoms with Crippen molar-refractivity contribution in [3.8, 4) is 0 Å². The molecule has 3 heterocycles. The van der Waals surface area contributed by atoms with Gasteiger partial charge in [0.15, 0.2) is 0 Å². The van der Waals surface area contributed by atoms with Gasteiger partial charge in [-0.15, -0.1) is 0 Å². The van der Waals surface area contributed by atoms with E-state index in [4.69, 9.17) is 0 Å². The molecule has 0 radical (unpaired) electrons. The summed E-state index contributed by atoms with van der Waals surface area (Å²) in [5.41, 5.74) is 3.91. The number of pyridine rings is 1. The summed E-state index contributed by atoms with van der Waals surface area (Å²) in [5.74, 6) is 0.681. The van der Waals surface area contributed by atoms with Crippen LogP contribution >= 0.6 is 0 Å². The van der Waals surface area contributed by atoms with Gasteiger partial charge in [0.05, 0.1) is 11.7 Å². The minimum atomic E-state index is 0.681. The number of rotatable bonds is 1. The van der Waals surface area contributed by atoms with Gasteiger partial charge in [-0.05, 0) is 50.9 Å². The normalized spacial score (nSPS) is 18.1. The molecule has 1 fully saturated rings. The van der Waals surface area contributed by atoms with Gasteiger partial charge in [-0.3, -0.25) is 0 Å². The van der Waals surface area contributed by atoms with Gasteiger partial charge in [0.2, 0.25) is 0 Å². The van der Waals surface area contributed by atoms with Crippen LogP contribution in [0.5, 0.6) is 0 Å². The minimum absolute atomic E-state index is 0.681. The zero-order chi connectivity index (χ0) is 11.0. The summed E-state index contributed by atoms with van der Waals surface area (Å²) < 4.78 is 2.05. The molecule has 3 rings (SSSR count). The van der Waals surface area contributed by atoms with E-state index in [-0.39, 0.29) is 0 Å². The van der Waals surface area contributed by atoms with E-state index < -0.39 is 0 Å². The Morgan fingerprint density at radius 3 is 2.94 bits per heavy atom. The third-order valence-corrected chi connectivity index (χ3v) is 3.54. The van der Waals surface area contributed by atoms with Gasteiger partial charge in [0.1, 0.15) is 0 Å². The van der Waals surface area contributed by atoms with Crippen molar-refractivity contribution in [2.24, 2.45) is 0 Å². The van der Waals surface area contributed by atoms with Crippen molar-refractivity contribution < 1.29 is 0 Å². The molecule has 2 aromatic heterocycles. The van der Waals surface area contributed by atoms with Gasteiger partial charge in [0.25, 0.3) is 0 Å². The molecule has 0 amide bonds. The maximum atomic E-state index is 4.49. The summed E-state index contributed by atoms with van der Waals surface area (Å²) in [5, 5.41) is 7.90. The maximum absolute atomic E-state index is 4.49. The fourth-order valence-corrected chi connectivity index (χ4v) is 2.62. The lowest BCUT2D eigenvalue weighted by molar-refractivity contribution is 0.462. The number of aromatic nitrogens is 2. The first-order valence-electron chi connectivity index (χ1n) is 6.00. The van der Waals surface area contributed by atoms with E-state index in [1.165, 1.54) is 29.6 Å². The average Bonchev–Trinajstić information content (AvgIpc) is 2.75. The van der Waals surface area contributed by atoms with E-state index in [9.17, 15) is 0 Å². The lowest BCUT2D eigenvalue weighted by Gasteiger charge is -2.21. The van der Waals surface area contributed by atoms with E-state index >= 15 is 0 Å². The third-order valence-electron chi connectivity index (χ3n) is 3.54. The lowest BCUT2D eigenvalue weighted by atomic mass is 9.91. The first-order chi connectivity index (χ1) is 7.86. The van der Waals surface area contributed by atoms with Gasteiger partial charge in [-0.25, -0.2) is 4.52 Å². The Kier molecular flexibility index (Phi) is 2.40. The van der Waals surface area contributed by atoms with Gasteiger partial charge in [0, 0.05) is 11.3 Å². The predicted octanol–water partition coefficient (Wildman–Crippen LogP) is 2.11. The molecule has 3 nitrogen and oxygen atoms in total. The SMILES string of the molecule is Cc1cccc2c(C3CCNCC3)cnn12. The molecule has 1 saturated heterocycles. The number of piperidine rings is 1. The van der Waals surface area contributed by atoms with Crippen molar-refractivity contribution in [3.63, 3.8) is 0 Å². The predicted molar refractivity (Wildman–Crippen MR) is 64.8 cm³/mol. The average molecular weight is 215 g/mol. The first kappa shape index (κ1) is 9.85. The van der Waals surface area contributed by atoms with E-state index in [2.05, 4.69) is 46.3 Å². The number of nitrogens with zero attached hydrogens (tertiary/aromatic N) is 2. The summed E-state index contributed by atoms with van der Waals surface area (Å²) in [7, 11) is 0. The Hall–Kier alpha value is -1.35. The van der Waals surface area contributed by atoms with Gasteiger partial charge >= 0.3 is 0 Å². The molecular weight excluding hydrogens is 198 g/mol. The Morgan fingerprint density at radius 1 is 1.31 bits per heavy atom. The highest BCUT2D eigenvalue weighted by Gasteiger charge is 2.18. The van der Waals surface area contributed by atoms with Crippen LogP contribution in [0.25, 0.3) is 5.52 Å². The van der Waals surface area contributed by atoms with Crippen LogP contribution in [0.3, 0.4) is 0 Å². The summed E-state index contributed by atoms with van der Waals surface area (Å²) >= 11 is 0. The van der Waals surface area contributed by atoms with Crippen molar-refractivity contribution >= 4 is 5.52 Å². The van der Waals surface area contributed by atoms with Crippen molar-refractivity contribution in [2.45, 2.75) is 25.7 Å². The Morgan fingerprint density at radius 2 is 2.12 bits per heavy atom. The molecule has 2 aromatic rings. The van der Waals surface area contributed by atoms with E-state index in [1.807, 2.05) is 0 Å². The molecule has 1 N–H and O–H groups in total. The number of aryl methyl sites for hydroxylation is 1. The van der Waals surface area contributed by atoms with E-state index in [0.717, 1.165) is 13.1 Å². The van der Waals surface area contributed by atoms with Crippen LogP contribution in [0.2, 0.25) is 0 Å². The highest BCUT2D eigenvalue weighted by Crippen LogP contribution is 2.28. The number of hydrogen-bond donors (Lipinski definition) is 1. The monoisotopic (exact) mass is 215 g/mol. The van der Waals surface area contributed by atoms with Crippen LogP contribution in [-0.2, 0) is 0 Å². The van der Waals surface area contributed by atoms with Gasteiger partial charge < -0.3 is 5.32 Å². The molecule has 0 saturated carbocycles. The van der Waals surface area contributed by atoms with Crippen LogP contribution in [0.1, 0.15) is 30.0 Å². The molecular formula is C13H17N3. The molecule has 0 atom stereocenters. The quantitative estimate of drug-likeness (QED) is 0.789. The summed E-state index contributed by atoms with van der Waals surface area (Å²) in [6.07, 6.45) is 4.52. The summed E-state index contributed by atoms with van der Waals surface area (Å²) in [6, 6.07) is 6.40. The summed E-state index contributed by atoms with van der Waals surface area (Å²) in [4.78, 5) is 0. The van der Waals surface area contributed by atoms with Crippen LogP contribution in [0.15, 0.2) is 24.4 Å². The molecule has 3 heteroatoms. The molecule has 16 heavy (non-hydrogen) atoms. The molecule has 1 aliphatic heterocycles. The second kappa shape index (κ2) is 3.91. The fourth-order valence-electron chi connectivity index (χ4n) is 2.62. The smallest absolute Gasteiger partial charge is 0.0699 e. The van der Waals surface area contributed by atoms with Crippen LogP contribution in [0.4, 0.5) is 0 Å². The summed E-state index contributed by atoms with van der Waals surface area (Å²) in [6.45, 7) is 4.37. The van der Waals surface area contributed by atoms with Crippen molar-refractivity contribution in [1.29, 1.82) is 0 Å². The lowest BCUT2D eigenvalue weighted by Crippen LogP contribution is -2.26. The minimum Gasteiger partial charge on any atom is -0.317 e. The fraction of sp³-hybridized carbons (Fsp3) is 0.462. The van der Waals surface area contributed by atoms with Crippen molar-refractivity contribution in [3.05, 3.63) is 35.7 Å². The highest BCUT2D eigenvalue weighted by atomic mass is 15.2. The number of hydrogen-bond acceptors (Lipinski definition) is 2. The first-order valence-corrected chi connectivity index (χ1v) is 6.00. The van der Waals surface area contributed by atoms with Crippen molar-refractivity contribution in [1.82, 2.24) is 14.9 Å². The van der Waals surface area contributed by atoms with Crippen LogP contribution < -0.4 is 5.32 Å². The molecule has 0 unspecified atom stereocenters. The molecule has 0 aliphatic carbocycles. The third kappa shape index (κ3) is 1.52. The van der Waals surface area contributed by atoms with E-state index in [0.29, 0.717) is 5.92 Å².